The number of rotatable bonds is 5. The summed E-state index contributed by atoms with van der Waals surface area (Å²) in [5.41, 5.74) is 1.10. The fourth-order valence-electron chi connectivity index (χ4n) is 4.00. The molecule has 0 atom stereocenters. The van der Waals surface area contributed by atoms with E-state index in [2.05, 4.69) is 14.6 Å². The summed E-state index contributed by atoms with van der Waals surface area (Å²) in [5, 5.41) is 4.48. The number of furan rings is 1. The molecule has 0 spiro atoms. The fraction of sp³-hybridized carbons (Fsp3) is 0.208. The van der Waals surface area contributed by atoms with Crippen LogP contribution in [0.1, 0.15) is 12.5 Å². The second kappa shape index (κ2) is 8.19. The Morgan fingerprint density at radius 2 is 1.89 bits per heavy atom. The molecule has 0 radical (unpaired) electrons. The molecule has 0 aliphatic carbocycles. The van der Waals surface area contributed by atoms with Crippen LogP contribution in [0, 0.1) is 12.7 Å². The van der Waals surface area contributed by atoms with Gasteiger partial charge in [-0.1, -0.05) is 0 Å². The maximum Gasteiger partial charge on any atom is 0.586 e. The standard InChI is InChI=1S/C24H18F3N3O5/c1-3-29(16-4-5-18-19(11-16)35-24(26,27)34-18)20(31)12-30-23(32)17-6-7-33-22(17)21(28-30)14-8-13(2)9-15(25)10-14/h4-11H,3,12H2,1-2H3. The zero-order chi connectivity index (χ0) is 24.9. The van der Waals surface area contributed by atoms with E-state index < -0.39 is 30.1 Å². The van der Waals surface area contributed by atoms with E-state index in [9.17, 15) is 22.8 Å². The lowest BCUT2D eigenvalue weighted by molar-refractivity contribution is -0.286. The van der Waals surface area contributed by atoms with Crippen LogP contribution in [-0.4, -0.2) is 28.5 Å². The number of hydrogen-bond acceptors (Lipinski definition) is 6. The molecule has 0 saturated carbocycles. The highest BCUT2D eigenvalue weighted by Gasteiger charge is 2.43. The molecule has 4 aromatic rings. The number of halogens is 3. The van der Waals surface area contributed by atoms with Crippen LogP contribution in [0.2, 0.25) is 0 Å². The predicted molar refractivity (Wildman–Crippen MR) is 119 cm³/mol. The molecular weight excluding hydrogens is 467 g/mol. The minimum atomic E-state index is -3.79. The first-order valence-electron chi connectivity index (χ1n) is 10.6. The summed E-state index contributed by atoms with van der Waals surface area (Å²) in [6, 6.07) is 9.71. The quantitative estimate of drug-likeness (QED) is 0.414. The highest BCUT2D eigenvalue weighted by Crippen LogP contribution is 2.42. The van der Waals surface area contributed by atoms with E-state index in [-0.39, 0.29) is 40.4 Å². The molecule has 2 aromatic carbocycles. The van der Waals surface area contributed by atoms with Gasteiger partial charge in [-0.25, -0.2) is 9.07 Å². The Balaban J connectivity index is 1.51. The van der Waals surface area contributed by atoms with Gasteiger partial charge in [-0.2, -0.15) is 5.10 Å². The van der Waals surface area contributed by atoms with Gasteiger partial charge < -0.3 is 18.8 Å². The number of nitrogens with zero attached hydrogens (tertiary/aromatic N) is 3. The maximum absolute atomic E-state index is 14.1. The van der Waals surface area contributed by atoms with Crippen LogP contribution in [0.5, 0.6) is 11.5 Å². The number of fused-ring (bicyclic) bond motifs is 2. The molecule has 2 aromatic heterocycles. The molecule has 5 rings (SSSR count). The Hall–Kier alpha value is -4.28. The van der Waals surface area contributed by atoms with Gasteiger partial charge in [0.1, 0.15) is 18.1 Å². The van der Waals surface area contributed by atoms with Crippen LogP contribution in [0.25, 0.3) is 22.2 Å². The third-order valence-corrected chi connectivity index (χ3v) is 5.48. The summed E-state index contributed by atoms with van der Waals surface area (Å²) in [6.45, 7) is 3.12. The van der Waals surface area contributed by atoms with Crippen molar-refractivity contribution in [1.29, 1.82) is 0 Å². The molecule has 0 fully saturated rings. The molecule has 8 nitrogen and oxygen atoms in total. The minimum absolute atomic E-state index is 0.152. The first kappa shape index (κ1) is 22.5. The number of alkyl halides is 2. The zero-order valence-corrected chi connectivity index (χ0v) is 18.5. The number of anilines is 1. The van der Waals surface area contributed by atoms with Crippen molar-refractivity contribution in [2.75, 3.05) is 11.4 Å². The van der Waals surface area contributed by atoms with Crippen molar-refractivity contribution < 1.29 is 31.9 Å². The van der Waals surface area contributed by atoms with E-state index in [4.69, 9.17) is 4.42 Å². The largest absolute Gasteiger partial charge is 0.586 e. The summed E-state index contributed by atoms with van der Waals surface area (Å²) in [6.07, 6.45) is -2.47. The van der Waals surface area contributed by atoms with Gasteiger partial charge in [-0.05, 0) is 55.8 Å². The summed E-state index contributed by atoms with van der Waals surface area (Å²) in [7, 11) is 0. The lowest BCUT2D eigenvalue weighted by Gasteiger charge is -2.21. The van der Waals surface area contributed by atoms with Crippen LogP contribution >= 0.6 is 0 Å². The molecule has 1 aliphatic rings. The number of likely N-dealkylation sites (N-methyl/N-ethyl adjacent to an activating group) is 1. The summed E-state index contributed by atoms with van der Waals surface area (Å²) < 4.78 is 56.1. The van der Waals surface area contributed by atoms with Crippen molar-refractivity contribution in [3.8, 4) is 22.8 Å². The van der Waals surface area contributed by atoms with Crippen LogP contribution in [0.15, 0.2) is 57.9 Å². The molecule has 0 unspecified atom stereocenters. The summed E-state index contributed by atoms with van der Waals surface area (Å²) in [4.78, 5) is 27.5. The lowest BCUT2D eigenvalue weighted by atomic mass is 10.1. The molecule has 0 bridgehead atoms. The average Bonchev–Trinajstić information content (AvgIpc) is 3.38. The topological polar surface area (TPSA) is 86.8 Å². The van der Waals surface area contributed by atoms with E-state index in [0.29, 0.717) is 11.1 Å². The van der Waals surface area contributed by atoms with Crippen LogP contribution in [0.4, 0.5) is 18.9 Å². The highest BCUT2D eigenvalue weighted by molar-refractivity contribution is 5.94. The van der Waals surface area contributed by atoms with Crippen LogP contribution in [0.3, 0.4) is 0 Å². The number of carbonyl (C=O) groups is 1. The van der Waals surface area contributed by atoms with Gasteiger partial charge >= 0.3 is 6.29 Å². The smallest absolute Gasteiger partial charge is 0.462 e. The number of benzene rings is 2. The Kier molecular flexibility index (Phi) is 5.27. The lowest BCUT2D eigenvalue weighted by Crippen LogP contribution is -2.37. The Morgan fingerprint density at radius 1 is 1.11 bits per heavy atom. The van der Waals surface area contributed by atoms with Crippen molar-refractivity contribution in [2.45, 2.75) is 26.7 Å². The van der Waals surface area contributed by atoms with Gasteiger partial charge in [-0.3, -0.25) is 9.59 Å². The van der Waals surface area contributed by atoms with Crippen molar-refractivity contribution in [3.63, 3.8) is 0 Å². The SMILES string of the molecule is CCN(C(=O)Cn1nc(-c2cc(C)cc(F)c2)c2occc2c1=O)c1ccc2c(c1)OC(F)(F)O2. The number of ether oxygens (including phenoxy) is 2. The van der Waals surface area contributed by atoms with Gasteiger partial charge in [0.05, 0.1) is 11.6 Å². The molecule has 0 N–H and O–H groups in total. The van der Waals surface area contributed by atoms with Crippen molar-refractivity contribution in [1.82, 2.24) is 9.78 Å². The molecule has 0 saturated heterocycles. The Morgan fingerprint density at radius 3 is 2.63 bits per heavy atom. The first-order chi connectivity index (χ1) is 16.6. The predicted octanol–water partition coefficient (Wildman–Crippen LogP) is 4.48. The van der Waals surface area contributed by atoms with Gasteiger partial charge in [0.15, 0.2) is 17.1 Å². The normalized spacial score (nSPS) is 13.9. The van der Waals surface area contributed by atoms with Crippen LogP contribution in [-0.2, 0) is 11.3 Å². The summed E-state index contributed by atoms with van der Waals surface area (Å²) >= 11 is 0. The van der Waals surface area contributed by atoms with E-state index in [1.165, 1.54) is 47.6 Å². The zero-order valence-electron chi connectivity index (χ0n) is 18.5. The number of hydrogen-bond donors (Lipinski definition) is 0. The maximum atomic E-state index is 14.1. The van der Waals surface area contributed by atoms with Crippen molar-refractivity contribution in [3.05, 3.63) is 70.5 Å². The van der Waals surface area contributed by atoms with Gasteiger partial charge in [0.25, 0.3) is 5.56 Å². The van der Waals surface area contributed by atoms with Crippen LogP contribution < -0.4 is 19.9 Å². The average molecular weight is 485 g/mol. The Labute approximate surface area is 196 Å². The number of aryl methyl sites for hydroxylation is 1. The van der Waals surface area contributed by atoms with Crippen molar-refractivity contribution in [2.24, 2.45) is 0 Å². The minimum Gasteiger partial charge on any atom is -0.462 e. The van der Waals surface area contributed by atoms with Gasteiger partial charge in [0, 0.05) is 23.9 Å². The van der Waals surface area contributed by atoms with Gasteiger partial charge in [-0.15, -0.1) is 8.78 Å². The van der Waals surface area contributed by atoms with E-state index in [0.717, 1.165) is 4.68 Å². The second-order valence-corrected chi connectivity index (χ2v) is 7.93. The molecule has 3 heterocycles. The Bertz CT molecular complexity index is 1510. The van der Waals surface area contributed by atoms with E-state index in [1.807, 2.05) is 0 Å². The van der Waals surface area contributed by atoms with E-state index in [1.54, 1.807) is 19.9 Å². The van der Waals surface area contributed by atoms with Gasteiger partial charge in [0.2, 0.25) is 5.91 Å². The third kappa shape index (κ3) is 4.09. The molecule has 1 amide bonds. The third-order valence-electron chi connectivity index (χ3n) is 5.48. The second-order valence-electron chi connectivity index (χ2n) is 7.93. The molecule has 180 valence electrons. The number of carbonyl (C=O) groups excluding carboxylic acids is 1. The summed E-state index contributed by atoms with van der Waals surface area (Å²) in [5.74, 6) is -1.38. The monoisotopic (exact) mass is 485 g/mol. The number of aromatic nitrogens is 2. The molecule has 1 aliphatic heterocycles. The van der Waals surface area contributed by atoms with E-state index >= 15 is 0 Å². The molecule has 11 heteroatoms. The fourth-order valence-corrected chi connectivity index (χ4v) is 4.00. The first-order valence-corrected chi connectivity index (χ1v) is 10.6. The molecule has 35 heavy (non-hydrogen) atoms. The van der Waals surface area contributed by atoms with Crippen molar-refractivity contribution >= 4 is 22.6 Å². The molecular formula is C24H18F3N3O5. The number of amides is 1. The highest BCUT2D eigenvalue weighted by atomic mass is 19.3.